The lowest BCUT2D eigenvalue weighted by Crippen LogP contribution is -2.55. The predicted molar refractivity (Wildman–Crippen MR) is 82.6 cm³/mol. The molecule has 2 atom stereocenters. The van der Waals surface area contributed by atoms with E-state index >= 15 is 0 Å². The Morgan fingerprint density at radius 3 is 2.79 bits per heavy atom. The Hall–Kier alpha value is -0.220. The molecular formula is C15H29NO2S. The Morgan fingerprint density at radius 2 is 2.16 bits per heavy atom. The van der Waals surface area contributed by atoms with Crippen molar-refractivity contribution in [1.82, 2.24) is 5.32 Å². The number of rotatable bonds is 9. The molecule has 0 saturated heterocycles. The van der Waals surface area contributed by atoms with E-state index in [4.69, 9.17) is 4.74 Å². The molecule has 0 aromatic rings. The predicted octanol–water partition coefficient (Wildman–Crippen LogP) is 3.23. The average Bonchev–Trinajstić information content (AvgIpc) is 2.84. The molecule has 4 heteroatoms. The van der Waals surface area contributed by atoms with E-state index in [2.05, 4.69) is 19.2 Å². The van der Waals surface area contributed by atoms with Gasteiger partial charge in [-0.1, -0.05) is 20.3 Å². The second-order valence-electron chi connectivity index (χ2n) is 5.38. The van der Waals surface area contributed by atoms with Crippen molar-refractivity contribution in [2.45, 2.75) is 57.9 Å². The number of methoxy groups -OCH3 is 1. The van der Waals surface area contributed by atoms with E-state index in [0.717, 1.165) is 44.4 Å². The quantitative estimate of drug-likeness (QED) is 0.522. The van der Waals surface area contributed by atoms with Crippen molar-refractivity contribution in [2.24, 2.45) is 5.92 Å². The van der Waals surface area contributed by atoms with E-state index in [1.54, 1.807) is 0 Å². The van der Waals surface area contributed by atoms with E-state index in [-0.39, 0.29) is 5.97 Å². The van der Waals surface area contributed by atoms with Crippen molar-refractivity contribution in [3.63, 3.8) is 0 Å². The fourth-order valence-electron chi connectivity index (χ4n) is 3.04. The largest absolute Gasteiger partial charge is 0.468 e. The first-order valence-corrected chi connectivity index (χ1v) is 8.78. The first kappa shape index (κ1) is 16.8. The zero-order valence-corrected chi connectivity index (χ0v) is 13.5. The minimum atomic E-state index is -0.405. The highest BCUT2D eigenvalue weighted by Gasteiger charge is 2.48. The molecule has 112 valence electrons. The number of esters is 1. The number of nitrogens with one attached hydrogen (secondary N) is 1. The van der Waals surface area contributed by atoms with Crippen molar-refractivity contribution >= 4 is 17.7 Å². The molecule has 3 nitrogen and oxygen atoms in total. The maximum atomic E-state index is 12.2. The van der Waals surface area contributed by atoms with Gasteiger partial charge in [-0.15, -0.1) is 0 Å². The van der Waals surface area contributed by atoms with Crippen LogP contribution in [-0.4, -0.2) is 36.7 Å². The zero-order chi connectivity index (χ0) is 14.1. The third-order valence-electron chi connectivity index (χ3n) is 4.02. The van der Waals surface area contributed by atoms with E-state index < -0.39 is 5.54 Å². The molecule has 1 aliphatic rings. The number of hydrogen-bond donors (Lipinski definition) is 1. The van der Waals surface area contributed by atoms with Crippen LogP contribution in [0.2, 0.25) is 0 Å². The summed E-state index contributed by atoms with van der Waals surface area (Å²) in [6.45, 7) is 5.25. The second kappa shape index (κ2) is 8.85. The molecule has 0 heterocycles. The minimum absolute atomic E-state index is 0.0519. The zero-order valence-electron chi connectivity index (χ0n) is 12.7. The van der Waals surface area contributed by atoms with Gasteiger partial charge in [-0.2, -0.15) is 11.8 Å². The molecule has 0 aromatic heterocycles. The molecule has 1 fully saturated rings. The standard InChI is InChI=1S/C15H29NO2S/c1-4-10-16-15(14(17)18-3)9-6-7-13(15)8-12-19-11-5-2/h13,16H,4-12H2,1-3H3. The maximum absolute atomic E-state index is 12.2. The number of carbonyl (C=O) groups is 1. The summed E-state index contributed by atoms with van der Waals surface area (Å²) < 4.78 is 5.08. The van der Waals surface area contributed by atoms with Gasteiger partial charge in [-0.05, 0) is 56.1 Å². The van der Waals surface area contributed by atoms with Gasteiger partial charge in [0.05, 0.1) is 7.11 Å². The molecule has 0 amide bonds. The third-order valence-corrected chi connectivity index (χ3v) is 5.24. The topological polar surface area (TPSA) is 38.3 Å². The molecular weight excluding hydrogens is 258 g/mol. The van der Waals surface area contributed by atoms with Crippen molar-refractivity contribution in [1.29, 1.82) is 0 Å². The van der Waals surface area contributed by atoms with Crippen molar-refractivity contribution < 1.29 is 9.53 Å². The van der Waals surface area contributed by atoms with Gasteiger partial charge in [0.25, 0.3) is 0 Å². The van der Waals surface area contributed by atoms with Crippen LogP contribution >= 0.6 is 11.8 Å². The molecule has 0 radical (unpaired) electrons. The first-order chi connectivity index (χ1) is 9.21. The summed E-state index contributed by atoms with van der Waals surface area (Å²) in [5.41, 5.74) is -0.405. The Bertz CT molecular complexity index is 273. The van der Waals surface area contributed by atoms with Gasteiger partial charge in [0.15, 0.2) is 0 Å². The third kappa shape index (κ3) is 4.38. The smallest absolute Gasteiger partial charge is 0.326 e. The van der Waals surface area contributed by atoms with Gasteiger partial charge in [0.1, 0.15) is 5.54 Å². The van der Waals surface area contributed by atoms with Crippen LogP contribution in [0.15, 0.2) is 0 Å². The van der Waals surface area contributed by atoms with Crippen molar-refractivity contribution in [3.8, 4) is 0 Å². The van der Waals surface area contributed by atoms with Gasteiger partial charge in [0.2, 0.25) is 0 Å². The highest BCUT2D eigenvalue weighted by atomic mass is 32.2. The van der Waals surface area contributed by atoms with Crippen LogP contribution in [0.4, 0.5) is 0 Å². The van der Waals surface area contributed by atoms with Crippen LogP contribution in [-0.2, 0) is 9.53 Å². The molecule has 2 unspecified atom stereocenters. The van der Waals surface area contributed by atoms with E-state index in [0.29, 0.717) is 5.92 Å². The van der Waals surface area contributed by atoms with E-state index in [1.165, 1.54) is 19.3 Å². The van der Waals surface area contributed by atoms with Crippen LogP contribution in [0, 0.1) is 5.92 Å². The molecule has 1 aliphatic carbocycles. The summed E-state index contributed by atoms with van der Waals surface area (Å²) in [7, 11) is 1.51. The Morgan fingerprint density at radius 1 is 1.37 bits per heavy atom. The van der Waals surface area contributed by atoms with Gasteiger partial charge >= 0.3 is 5.97 Å². The molecule has 0 bridgehead atoms. The van der Waals surface area contributed by atoms with Crippen LogP contribution in [0.3, 0.4) is 0 Å². The van der Waals surface area contributed by atoms with E-state index in [1.807, 2.05) is 11.8 Å². The van der Waals surface area contributed by atoms with Crippen LogP contribution in [0.1, 0.15) is 52.4 Å². The van der Waals surface area contributed by atoms with Gasteiger partial charge < -0.3 is 10.1 Å². The number of ether oxygens (including phenoxy) is 1. The van der Waals surface area contributed by atoms with Crippen LogP contribution in [0.25, 0.3) is 0 Å². The molecule has 1 rings (SSSR count). The molecule has 0 aliphatic heterocycles. The summed E-state index contributed by atoms with van der Waals surface area (Å²) in [6.07, 6.45) is 6.62. The van der Waals surface area contributed by atoms with Gasteiger partial charge in [-0.25, -0.2) is 0 Å². The van der Waals surface area contributed by atoms with Crippen LogP contribution in [0.5, 0.6) is 0 Å². The fraction of sp³-hybridized carbons (Fsp3) is 0.933. The van der Waals surface area contributed by atoms with E-state index in [9.17, 15) is 4.79 Å². The average molecular weight is 287 g/mol. The highest BCUT2D eigenvalue weighted by Crippen LogP contribution is 2.39. The lowest BCUT2D eigenvalue weighted by molar-refractivity contribution is -0.150. The minimum Gasteiger partial charge on any atom is -0.468 e. The highest BCUT2D eigenvalue weighted by molar-refractivity contribution is 7.99. The summed E-state index contributed by atoms with van der Waals surface area (Å²) >= 11 is 2.00. The first-order valence-electron chi connectivity index (χ1n) is 7.62. The summed E-state index contributed by atoms with van der Waals surface area (Å²) in [4.78, 5) is 12.2. The Balaban J connectivity index is 2.61. The summed E-state index contributed by atoms with van der Waals surface area (Å²) in [5.74, 6) is 2.77. The maximum Gasteiger partial charge on any atom is 0.326 e. The Labute approximate surface area is 122 Å². The normalized spacial score (nSPS) is 26.6. The van der Waals surface area contributed by atoms with Gasteiger partial charge in [-0.3, -0.25) is 4.79 Å². The van der Waals surface area contributed by atoms with Crippen LogP contribution < -0.4 is 5.32 Å². The summed E-state index contributed by atoms with van der Waals surface area (Å²) in [5, 5.41) is 3.50. The molecule has 1 saturated carbocycles. The lowest BCUT2D eigenvalue weighted by Gasteiger charge is -2.34. The number of carbonyl (C=O) groups excluding carboxylic acids is 1. The molecule has 19 heavy (non-hydrogen) atoms. The second-order valence-corrected chi connectivity index (χ2v) is 6.60. The monoisotopic (exact) mass is 287 g/mol. The van der Waals surface area contributed by atoms with Crippen molar-refractivity contribution in [2.75, 3.05) is 25.2 Å². The SMILES string of the molecule is CCCNC1(C(=O)OC)CCCC1CCSCCC. The fourth-order valence-corrected chi connectivity index (χ4v) is 3.99. The molecule has 0 aromatic carbocycles. The number of thioether (sulfide) groups is 1. The molecule has 1 N–H and O–H groups in total. The Kier molecular flexibility index (Phi) is 7.84. The number of hydrogen-bond acceptors (Lipinski definition) is 4. The molecule has 0 spiro atoms. The van der Waals surface area contributed by atoms with Gasteiger partial charge in [0, 0.05) is 0 Å². The lowest BCUT2D eigenvalue weighted by atomic mass is 9.85. The van der Waals surface area contributed by atoms with Crippen molar-refractivity contribution in [3.05, 3.63) is 0 Å². The summed E-state index contributed by atoms with van der Waals surface area (Å²) in [6, 6.07) is 0.